The molecule has 0 aliphatic carbocycles. The van der Waals surface area contributed by atoms with Crippen molar-refractivity contribution in [1.82, 2.24) is 4.57 Å². The third-order valence-corrected chi connectivity index (χ3v) is 5.64. The Bertz CT molecular complexity index is 1090. The lowest BCUT2D eigenvalue weighted by Gasteiger charge is -2.07. The smallest absolute Gasteiger partial charge is 0.256 e. The first-order valence-corrected chi connectivity index (χ1v) is 8.94. The quantitative estimate of drug-likeness (QED) is 0.568. The van der Waals surface area contributed by atoms with Crippen LogP contribution in [0.4, 0.5) is 5.00 Å². The molecule has 0 radical (unpaired) electrons. The third-order valence-electron chi connectivity index (χ3n) is 3.76. The van der Waals surface area contributed by atoms with Gasteiger partial charge >= 0.3 is 0 Å². The Labute approximate surface area is 145 Å². The highest BCUT2D eigenvalue weighted by molar-refractivity contribution is 7.23. The monoisotopic (exact) mass is 352 g/mol. The molecule has 3 aromatic heterocycles. The summed E-state index contributed by atoms with van der Waals surface area (Å²) in [7, 11) is 0. The summed E-state index contributed by atoms with van der Waals surface area (Å²) in [6.45, 7) is 0. The second kappa shape index (κ2) is 5.74. The van der Waals surface area contributed by atoms with Crippen molar-refractivity contribution in [3.63, 3.8) is 0 Å². The highest BCUT2D eigenvalue weighted by Gasteiger charge is 2.22. The summed E-state index contributed by atoms with van der Waals surface area (Å²) in [4.78, 5) is 26.5. The number of benzene rings is 1. The van der Waals surface area contributed by atoms with Crippen molar-refractivity contribution in [1.29, 1.82) is 0 Å². The van der Waals surface area contributed by atoms with Crippen LogP contribution in [-0.2, 0) is 0 Å². The molecule has 0 unspecified atom stereocenters. The maximum absolute atomic E-state index is 12.8. The predicted octanol–water partition coefficient (Wildman–Crippen LogP) is 3.93. The number of carbonyl (C=O) groups is 1. The van der Waals surface area contributed by atoms with E-state index in [1.807, 2.05) is 41.8 Å². The van der Waals surface area contributed by atoms with Gasteiger partial charge < -0.3 is 5.73 Å². The molecule has 1 aromatic carbocycles. The van der Waals surface area contributed by atoms with Crippen LogP contribution in [0.25, 0.3) is 15.9 Å². The minimum atomic E-state index is -0.148. The molecule has 4 aromatic rings. The number of para-hydroxylation sites is 1. The number of carbonyl (C=O) groups excluding carboxylic acids is 1. The van der Waals surface area contributed by atoms with Gasteiger partial charge in [0.25, 0.3) is 5.56 Å². The van der Waals surface area contributed by atoms with Crippen LogP contribution in [0.15, 0.2) is 64.8 Å². The van der Waals surface area contributed by atoms with Crippen LogP contribution in [0.1, 0.15) is 15.2 Å². The second-order valence-corrected chi connectivity index (χ2v) is 7.19. The van der Waals surface area contributed by atoms with Gasteiger partial charge in [-0.1, -0.05) is 35.6 Å². The summed E-state index contributed by atoms with van der Waals surface area (Å²) in [5, 5.41) is 3.00. The van der Waals surface area contributed by atoms with Crippen LogP contribution in [0.2, 0.25) is 0 Å². The summed E-state index contributed by atoms with van der Waals surface area (Å²) in [5.74, 6) is -0.105. The van der Waals surface area contributed by atoms with Crippen LogP contribution in [0.5, 0.6) is 0 Å². The minimum Gasteiger partial charge on any atom is -0.390 e. The van der Waals surface area contributed by atoms with E-state index in [1.165, 1.54) is 28.7 Å². The molecule has 0 spiro atoms. The Morgan fingerprint density at radius 3 is 2.50 bits per heavy atom. The number of ketones is 1. The lowest BCUT2D eigenvalue weighted by atomic mass is 10.1. The topological polar surface area (TPSA) is 65.1 Å². The van der Waals surface area contributed by atoms with E-state index >= 15 is 0 Å². The molecule has 118 valence electrons. The van der Waals surface area contributed by atoms with Crippen molar-refractivity contribution in [2.45, 2.75) is 0 Å². The number of anilines is 1. The molecular formula is C18H12N2O2S2. The first kappa shape index (κ1) is 14.9. The molecule has 24 heavy (non-hydrogen) atoms. The minimum absolute atomic E-state index is 0.105. The van der Waals surface area contributed by atoms with Gasteiger partial charge in [0.2, 0.25) is 5.78 Å². The molecule has 2 N–H and O–H groups in total. The lowest BCUT2D eigenvalue weighted by molar-refractivity contribution is 0.104. The van der Waals surface area contributed by atoms with Gasteiger partial charge in [-0.15, -0.1) is 11.3 Å². The number of nitrogens with zero attached hydrogens (tertiary/aromatic N) is 1. The van der Waals surface area contributed by atoms with Crippen molar-refractivity contribution in [2.24, 2.45) is 0 Å². The summed E-state index contributed by atoms with van der Waals surface area (Å²) in [5.41, 5.74) is 7.22. The van der Waals surface area contributed by atoms with Crippen LogP contribution < -0.4 is 11.3 Å². The number of nitrogens with two attached hydrogens (primary N) is 1. The van der Waals surface area contributed by atoms with Gasteiger partial charge in [0, 0.05) is 11.5 Å². The average Bonchev–Trinajstić information content (AvgIpc) is 3.22. The molecule has 0 aliphatic heterocycles. The Morgan fingerprint density at radius 2 is 1.79 bits per heavy atom. The standard InChI is InChI=1S/C18H12N2O2S2/c19-17-15(16(22)13-7-4-10-23-13)12-8-9-14(21)20(18(12)24-17)11-5-2-1-3-6-11/h1-10H,19H2. The number of rotatable bonds is 3. The number of hydrogen-bond acceptors (Lipinski definition) is 5. The SMILES string of the molecule is Nc1sc2c(ccc(=O)n2-c2ccccc2)c1C(=O)c1cccs1. The van der Waals surface area contributed by atoms with E-state index in [0.29, 0.717) is 25.7 Å². The van der Waals surface area contributed by atoms with Gasteiger partial charge in [-0.3, -0.25) is 14.2 Å². The number of fused-ring (bicyclic) bond motifs is 1. The number of thiophene rings is 2. The first-order chi connectivity index (χ1) is 11.7. The molecule has 0 saturated heterocycles. The van der Waals surface area contributed by atoms with Gasteiger partial charge in [-0.05, 0) is 29.6 Å². The number of hydrogen-bond donors (Lipinski definition) is 1. The Hall–Kier alpha value is -2.70. The molecule has 6 heteroatoms. The normalized spacial score (nSPS) is 11.0. The first-order valence-electron chi connectivity index (χ1n) is 7.24. The Kier molecular flexibility index (Phi) is 3.55. The van der Waals surface area contributed by atoms with Crippen molar-refractivity contribution < 1.29 is 4.79 Å². The van der Waals surface area contributed by atoms with E-state index in [1.54, 1.807) is 16.7 Å². The van der Waals surface area contributed by atoms with Crippen molar-refractivity contribution in [2.75, 3.05) is 5.73 Å². The predicted molar refractivity (Wildman–Crippen MR) is 99.6 cm³/mol. The number of nitrogen functional groups attached to an aromatic ring is 1. The molecule has 0 atom stereocenters. The fourth-order valence-corrected chi connectivity index (χ4v) is 4.44. The molecule has 0 fully saturated rings. The van der Waals surface area contributed by atoms with Crippen molar-refractivity contribution >= 4 is 43.7 Å². The highest BCUT2D eigenvalue weighted by atomic mass is 32.1. The Balaban J connectivity index is 2.01. The molecule has 3 heterocycles. The molecule has 4 rings (SSSR count). The third kappa shape index (κ3) is 2.28. The van der Waals surface area contributed by atoms with E-state index in [0.717, 1.165) is 5.69 Å². The summed E-state index contributed by atoms with van der Waals surface area (Å²) in [6.07, 6.45) is 0. The van der Waals surface area contributed by atoms with Gasteiger partial charge in [0.1, 0.15) is 4.83 Å². The molecule has 0 saturated carbocycles. The maximum atomic E-state index is 12.8. The van der Waals surface area contributed by atoms with Crippen LogP contribution in [-0.4, -0.2) is 10.4 Å². The zero-order valence-electron chi connectivity index (χ0n) is 12.4. The van der Waals surface area contributed by atoms with E-state index in [-0.39, 0.29) is 11.3 Å². The number of pyridine rings is 1. The van der Waals surface area contributed by atoms with E-state index in [4.69, 9.17) is 5.73 Å². The highest BCUT2D eigenvalue weighted by Crippen LogP contribution is 2.35. The van der Waals surface area contributed by atoms with Crippen LogP contribution in [0, 0.1) is 0 Å². The number of aromatic nitrogens is 1. The molecule has 4 nitrogen and oxygen atoms in total. The van der Waals surface area contributed by atoms with Crippen LogP contribution >= 0.6 is 22.7 Å². The van der Waals surface area contributed by atoms with Gasteiger partial charge in [0.05, 0.1) is 21.1 Å². The van der Waals surface area contributed by atoms with Gasteiger partial charge in [-0.2, -0.15) is 0 Å². The van der Waals surface area contributed by atoms with Gasteiger partial charge in [-0.25, -0.2) is 0 Å². The fourth-order valence-electron chi connectivity index (χ4n) is 2.69. The summed E-state index contributed by atoms with van der Waals surface area (Å²) >= 11 is 2.65. The van der Waals surface area contributed by atoms with Gasteiger partial charge in [0.15, 0.2) is 0 Å². The average molecular weight is 352 g/mol. The molecule has 0 amide bonds. The van der Waals surface area contributed by atoms with Crippen LogP contribution in [0.3, 0.4) is 0 Å². The summed E-state index contributed by atoms with van der Waals surface area (Å²) in [6, 6.07) is 16.1. The molecular weight excluding hydrogens is 340 g/mol. The van der Waals surface area contributed by atoms with Crippen molar-refractivity contribution in [3.8, 4) is 5.69 Å². The Morgan fingerprint density at radius 1 is 1.00 bits per heavy atom. The van der Waals surface area contributed by atoms with Crippen molar-refractivity contribution in [3.05, 3.63) is 80.8 Å². The second-order valence-electron chi connectivity index (χ2n) is 5.21. The zero-order valence-corrected chi connectivity index (χ0v) is 14.1. The largest absolute Gasteiger partial charge is 0.390 e. The fraction of sp³-hybridized carbons (Fsp3) is 0. The van der Waals surface area contributed by atoms with E-state index in [9.17, 15) is 9.59 Å². The zero-order chi connectivity index (χ0) is 16.7. The summed E-state index contributed by atoms with van der Waals surface area (Å²) < 4.78 is 1.60. The maximum Gasteiger partial charge on any atom is 0.256 e. The molecule has 0 aliphatic rings. The van der Waals surface area contributed by atoms with E-state index < -0.39 is 0 Å². The van der Waals surface area contributed by atoms with E-state index in [2.05, 4.69) is 0 Å². The lowest BCUT2D eigenvalue weighted by Crippen LogP contribution is -2.16. The molecule has 0 bridgehead atoms.